The van der Waals surface area contributed by atoms with E-state index in [2.05, 4.69) is 24.0 Å². The fraction of sp³-hybridized carbons (Fsp3) is 1.00. The summed E-state index contributed by atoms with van der Waals surface area (Å²) in [6, 6.07) is 0. The van der Waals surface area contributed by atoms with Gasteiger partial charge in [-0.3, -0.25) is 4.57 Å². The van der Waals surface area contributed by atoms with Gasteiger partial charge >= 0.3 is 7.60 Å². The molecule has 2 N–H and O–H groups in total. The molecule has 23 heavy (non-hydrogen) atoms. The van der Waals surface area contributed by atoms with Crippen molar-refractivity contribution >= 4 is 7.60 Å². The first-order valence-electron chi connectivity index (χ1n) is 8.83. The molecule has 0 aromatic carbocycles. The Hall–Kier alpha value is -0.450. The SMILES string of the molecule is CCCCC(CC)CP(=O)(O)O.CCCCCCC(C)ON=O. The maximum atomic E-state index is 10.7. The summed E-state index contributed by atoms with van der Waals surface area (Å²) < 4.78 is 10.7. The average Bonchev–Trinajstić information content (AvgIpc) is 2.48. The lowest BCUT2D eigenvalue weighted by Crippen LogP contribution is -2.05. The van der Waals surface area contributed by atoms with Crippen molar-refractivity contribution in [2.24, 2.45) is 11.3 Å². The van der Waals surface area contributed by atoms with Gasteiger partial charge in [-0.2, -0.15) is 0 Å². The van der Waals surface area contributed by atoms with Crippen molar-refractivity contribution < 1.29 is 19.2 Å². The third kappa shape index (κ3) is 21.6. The van der Waals surface area contributed by atoms with E-state index in [1.807, 2.05) is 13.8 Å². The van der Waals surface area contributed by atoms with E-state index < -0.39 is 7.60 Å². The van der Waals surface area contributed by atoms with Crippen LogP contribution in [0.2, 0.25) is 0 Å². The molecule has 0 radical (unpaired) electrons. The summed E-state index contributed by atoms with van der Waals surface area (Å²) in [5.41, 5.74) is 0. The van der Waals surface area contributed by atoms with E-state index >= 15 is 0 Å². The Labute approximate surface area is 141 Å². The van der Waals surface area contributed by atoms with Crippen molar-refractivity contribution in [3.8, 4) is 0 Å². The number of nitrogens with zero attached hydrogens (tertiary/aromatic N) is 1. The van der Waals surface area contributed by atoms with Gasteiger partial charge in [0.15, 0.2) is 5.34 Å². The summed E-state index contributed by atoms with van der Waals surface area (Å²) in [5.74, 6) is 0.200. The standard InChI is InChI=1S/C8H17NO2.C8H19O3P/c1-3-4-5-6-7-8(2)11-9-10;1-3-5-6-8(4-2)7-12(9,10)11/h8H,3-7H2,1-2H3;8H,3-7H2,1-2H3,(H2,9,10,11). The Balaban J connectivity index is 0. The van der Waals surface area contributed by atoms with Crippen LogP contribution in [0.1, 0.15) is 85.5 Å². The smallest absolute Gasteiger partial charge is 0.325 e. The second-order valence-corrected chi connectivity index (χ2v) is 7.80. The number of rotatable bonds is 13. The van der Waals surface area contributed by atoms with Crippen molar-refractivity contribution in [3.63, 3.8) is 0 Å². The van der Waals surface area contributed by atoms with Crippen molar-refractivity contribution in [3.05, 3.63) is 4.91 Å². The van der Waals surface area contributed by atoms with E-state index in [9.17, 15) is 9.47 Å². The van der Waals surface area contributed by atoms with Gasteiger partial charge in [-0.15, -0.1) is 4.91 Å². The molecule has 0 rings (SSSR count). The molecular formula is C16H36NO5P. The predicted molar refractivity (Wildman–Crippen MR) is 95.3 cm³/mol. The second-order valence-electron chi connectivity index (χ2n) is 6.10. The van der Waals surface area contributed by atoms with Crippen LogP contribution in [-0.4, -0.2) is 22.1 Å². The second kappa shape index (κ2) is 16.4. The van der Waals surface area contributed by atoms with Gasteiger partial charge in [0, 0.05) is 0 Å². The molecule has 0 bridgehead atoms. The highest BCUT2D eigenvalue weighted by atomic mass is 31.2. The molecule has 6 nitrogen and oxygen atoms in total. The van der Waals surface area contributed by atoms with Crippen LogP contribution < -0.4 is 0 Å². The van der Waals surface area contributed by atoms with Gasteiger partial charge in [-0.1, -0.05) is 59.3 Å². The Kier molecular flexibility index (Phi) is 17.7. The summed E-state index contributed by atoms with van der Waals surface area (Å²) in [4.78, 5) is 31.6. The molecule has 0 saturated heterocycles. The van der Waals surface area contributed by atoms with E-state index in [0.29, 0.717) is 0 Å². The molecule has 2 atom stereocenters. The lowest BCUT2D eigenvalue weighted by atomic mass is 10.0. The molecule has 0 aliphatic heterocycles. The van der Waals surface area contributed by atoms with Gasteiger partial charge in [-0.25, -0.2) is 0 Å². The van der Waals surface area contributed by atoms with Crippen LogP contribution in [0.5, 0.6) is 0 Å². The molecule has 0 aliphatic carbocycles. The Morgan fingerprint density at radius 2 is 1.61 bits per heavy atom. The van der Waals surface area contributed by atoms with Gasteiger partial charge in [-0.05, 0) is 32.1 Å². The number of hydrogen-bond acceptors (Lipinski definition) is 4. The highest BCUT2D eigenvalue weighted by Crippen LogP contribution is 2.38. The van der Waals surface area contributed by atoms with Crippen LogP contribution in [0.3, 0.4) is 0 Å². The maximum Gasteiger partial charge on any atom is 0.325 e. The average molecular weight is 353 g/mol. The minimum Gasteiger partial charge on any atom is -0.361 e. The van der Waals surface area contributed by atoms with Crippen LogP contribution in [-0.2, 0) is 9.40 Å². The highest BCUT2D eigenvalue weighted by molar-refractivity contribution is 7.51. The molecule has 0 fully saturated rings. The molecule has 140 valence electrons. The predicted octanol–water partition coefficient (Wildman–Crippen LogP) is 5.42. The molecule has 0 amide bonds. The molecule has 2 unspecified atom stereocenters. The summed E-state index contributed by atoms with van der Waals surface area (Å²) in [7, 11) is -3.78. The van der Waals surface area contributed by atoms with Gasteiger partial charge < -0.3 is 14.6 Å². The van der Waals surface area contributed by atoms with E-state index in [1.165, 1.54) is 19.3 Å². The van der Waals surface area contributed by atoms with Crippen molar-refractivity contribution in [1.82, 2.24) is 0 Å². The minimum absolute atomic E-state index is 0.00986. The zero-order valence-electron chi connectivity index (χ0n) is 15.2. The van der Waals surface area contributed by atoms with Gasteiger partial charge in [0.1, 0.15) is 6.10 Å². The molecule has 0 aromatic heterocycles. The highest BCUT2D eigenvalue weighted by Gasteiger charge is 2.19. The molecule has 0 heterocycles. The molecular weight excluding hydrogens is 317 g/mol. The lowest BCUT2D eigenvalue weighted by molar-refractivity contribution is 0.0607. The zero-order chi connectivity index (χ0) is 18.1. The van der Waals surface area contributed by atoms with Crippen LogP contribution >= 0.6 is 7.60 Å². The van der Waals surface area contributed by atoms with Gasteiger partial charge in [0.25, 0.3) is 0 Å². The summed E-state index contributed by atoms with van der Waals surface area (Å²) in [6.07, 6.45) is 9.81. The van der Waals surface area contributed by atoms with Crippen molar-refractivity contribution in [2.75, 3.05) is 6.16 Å². The minimum atomic E-state index is -3.78. The Morgan fingerprint density at radius 3 is 2.04 bits per heavy atom. The monoisotopic (exact) mass is 353 g/mol. The van der Waals surface area contributed by atoms with E-state index in [0.717, 1.165) is 38.5 Å². The van der Waals surface area contributed by atoms with E-state index in [-0.39, 0.29) is 18.2 Å². The van der Waals surface area contributed by atoms with Crippen LogP contribution in [0, 0.1) is 10.8 Å². The lowest BCUT2D eigenvalue weighted by Gasteiger charge is -2.14. The first-order chi connectivity index (χ1) is 10.8. The van der Waals surface area contributed by atoms with Gasteiger partial charge in [0.05, 0.1) is 6.16 Å². The summed E-state index contributed by atoms with van der Waals surface area (Å²) in [6.45, 7) is 8.11. The fourth-order valence-electron chi connectivity index (χ4n) is 2.24. The summed E-state index contributed by atoms with van der Waals surface area (Å²) in [5, 5.41) is 2.38. The quantitative estimate of drug-likeness (QED) is 0.199. The first kappa shape index (κ1) is 24.8. The first-order valence-corrected chi connectivity index (χ1v) is 10.6. The van der Waals surface area contributed by atoms with E-state index in [4.69, 9.17) is 9.79 Å². The number of hydrogen-bond donors (Lipinski definition) is 2. The Bertz CT molecular complexity index is 309. The fourth-order valence-corrected chi connectivity index (χ4v) is 3.35. The van der Waals surface area contributed by atoms with E-state index in [1.54, 1.807) is 0 Å². The maximum absolute atomic E-state index is 10.7. The van der Waals surface area contributed by atoms with Gasteiger partial charge in [0.2, 0.25) is 0 Å². The molecule has 0 aromatic rings. The van der Waals surface area contributed by atoms with Crippen molar-refractivity contribution in [2.45, 2.75) is 91.6 Å². The Morgan fingerprint density at radius 1 is 1.00 bits per heavy atom. The normalized spacial score (nSPS) is 13.7. The molecule has 0 aliphatic rings. The van der Waals surface area contributed by atoms with Crippen molar-refractivity contribution in [1.29, 1.82) is 0 Å². The van der Waals surface area contributed by atoms with Crippen LogP contribution in [0.25, 0.3) is 0 Å². The molecule has 0 spiro atoms. The molecule has 7 heteroatoms. The summed E-state index contributed by atoms with van der Waals surface area (Å²) >= 11 is 0. The topological polar surface area (TPSA) is 96.2 Å². The largest absolute Gasteiger partial charge is 0.361 e. The zero-order valence-corrected chi connectivity index (χ0v) is 16.1. The molecule has 0 saturated carbocycles. The third-order valence-corrected chi connectivity index (χ3v) is 4.72. The van der Waals surface area contributed by atoms with Crippen LogP contribution in [0.15, 0.2) is 5.34 Å². The van der Waals surface area contributed by atoms with Crippen LogP contribution in [0.4, 0.5) is 0 Å². The third-order valence-electron chi connectivity index (χ3n) is 3.73. The number of unbranched alkanes of at least 4 members (excludes halogenated alkanes) is 4.